The van der Waals surface area contributed by atoms with Crippen LogP contribution in [0.25, 0.3) is 11.1 Å². The van der Waals surface area contributed by atoms with Gasteiger partial charge >= 0.3 is 0 Å². The molecule has 3 rings (SSSR count). The molecule has 0 fully saturated rings. The Balaban J connectivity index is 2.03. The van der Waals surface area contributed by atoms with E-state index in [4.69, 9.17) is 10.8 Å². The molecule has 6 nitrogen and oxygen atoms in total. The molecule has 1 aliphatic rings. The second kappa shape index (κ2) is 4.34. The molecule has 0 saturated heterocycles. The molecule has 2 aromatic rings. The summed E-state index contributed by atoms with van der Waals surface area (Å²) in [6.07, 6.45) is 0.633. The van der Waals surface area contributed by atoms with Crippen LogP contribution in [0.5, 0.6) is 5.75 Å². The molecule has 0 saturated carbocycles. The van der Waals surface area contributed by atoms with Crippen molar-refractivity contribution in [3.63, 3.8) is 0 Å². The van der Waals surface area contributed by atoms with Gasteiger partial charge in [0, 0.05) is 12.1 Å². The van der Waals surface area contributed by atoms with Crippen LogP contribution in [-0.4, -0.2) is 4.92 Å². The molecule has 0 atom stereocenters. The topological polar surface area (TPSA) is 87.6 Å². The van der Waals surface area contributed by atoms with E-state index in [1.165, 1.54) is 6.07 Å². The number of nitro benzene ring substituents is 1. The zero-order valence-corrected chi connectivity index (χ0v) is 9.83. The van der Waals surface area contributed by atoms with Crippen LogP contribution in [0.4, 0.5) is 5.69 Å². The summed E-state index contributed by atoms with van der Waals surface area (Å²) in [7, 11) is 0. The van der Waals surface area contributed by atoms with E-state index in [-0.39, 0.29) is 10.6 Å². The molecular formula is C13H10N2O4. The molecule has 0 radical (unpaired) electrons. The lowest BCUT2D eigenvalue weighted by Crippen LogP contribution is -2.03. The Morgan fingerprint density at radius 1 is 1.11 bits per heavy atom. The fourth-order valence-electron chi connectivity index (χ4n) is 2.39. The number of nitro groups is 1. The van der Waals surface area contributed by atoms with Crippen LogP contribution in [0.15, 0.2) is 36.4 Å². The smallest absolute Gasteiger partial charge is 0.269 e. The molecule has 0 aliphatic heterocycles. The van der Waals surface area contributed by atoms with Crippen molar-refractivity contribution in [2.24, 2.45) is 5.90 Å². The van der Waals surface area contributed by atoms with E-state index in [0.29, 0.717) is 12.2 Å². The summed E-state index contributed by atoms with van der Waals surface area (Å²) in [4.78, 5) is 19.3. The van der Waals surface area contributed by atoms with Gasteiger partial charge in [0.2, 0.25) is 0 Å². The highest BCUT2D eigenvalue weighted by atomic mass is 17.3. The third-order valence-electron chi connectivity index (χ3n) is 3.19. The van der Waals surface area contributed by atoms with Crippen molar-refractivity contribution in [2.75, 3.05) is 0 Å². The fraction of sp³-hybridized carbons (Fsp3) is 0.0769. The number of hydrogen-bond acceptors (Lipinski definition) is 5. The number of fused-ring (bicyclic) bond motifs is 3. The first-order valence-corrected chi connectivity index (χ1v) is 5.63. The predicted octanol–water partition coefficient (Wildman–Crippen LogP) is 2.35. The molecule has 6 heteroatoms. The minimum atomic E-state index is -0.389. The maximum Gasteiger partial charge on any atom is 0.269 e. The van der Waals surface area contributed by atoms with Crippen LogP contribution >= 0.6 is 0 Å². The number of hydrogen-bond donors (Lipinski definition) is 1. The highest BCUT2D eigenvalue weighted by molar-refractivity contribution is 5.78. The largest absolute Gasteiger partial charge is 0.320 e. The van der Waals surface area contributed by atoms with Gasteiger partial charge in [0.25, 0.3) is 5.69 Å². The summed E-state index contributed by atoms with van der Waals surface area (Å²) in [6, 6.07) is 10.3. The van der Waals surface area contributed by atoms with Crippen LogP contribution in [0.3, 0.4) is 0 Å². The Kier molecular flexibility index (Phi) is 2.66. The van der Waals surface area contributed by atoms with Crippen molar-refractivity contribution in [2.45, 2.75) is 6.42 Å². The van der Waals surface area contributed by atoms with Gasteiger partial charge in [0.05, 0.1) is 4.92 Å². The third-order valence-corrected chi connectivity index (χ3v) is 3.19. The molecule has 0 heterocycles. The summed E-state index contributed by atoms with van der Waals surface area (Å²) in [5.41, 5.74) is 4.14. The van der Waals surface area contributed by atoms with Gasteiger partial charge in [-0.25, -0.2) is 0 Å². The van der Waals surface area contributed by atoms with Crippen molar-refractivity contribution in [3.8, 4) is 16.9 Å². The maximum absolute atomic E-state index is 10.8. The molecule has 0 amide bonds. The SMILES string of the molecule is NOOc1ccc2c(c1)Cc1cc([N+](=O)[O-])ccc1-2. The van der Waals surface area contributed by atoms with Gasteiger partial charge in [0.1, 0.15) is 0 Å². The molecular weight excluding hydrogens is 248 g/mol. The number of non-ortho nitro benzene ring substituents is 1. The van der Waals surface area contributed by atoms with Gasteiger partial charge in [-0.2, -0.15) is 5.90 Å². The Bertz CT molecular complexity index is 670. The first-order chi connectivity index (χ1) is 9.19. The monoisotopic (exact) mass is 258 g/mol. The normalized spacial score (nSPS) is 11.8. The van der Waals surface area contributed by atoms with Gasteiger partial charge < -0.3 is 4.89 Å². The van der Waals surface area contributed by atoms with Crippen molar-refractivity contribution in [1.29, 1.82) is 0 Å². The summed E-state index contributed by atoms with van der Waals surface area (Å²) >= 11 is 0. The van der Waals surface area contributed by atoms with Crippen LogP contribution in [0.2, 0.25) is 0 Å². The Labute approximate surface area is 108 Å². The van der Waals surface area contributed by atoms with Crippen molar-refractivity contribution in [3.05, 3.63) is 57.6 Å². The lowest BCUT2D eigenvalue weighted by molar-refractivity contribution is -0.384. The van der Waals surface area contributed by atoms with E-state index in [2.05, 4.69) is 4.99 Å². The second-order valence-corrected chi connectivity index (χ2v) is 4.27. The first-order valence-electron chi connectivity index (χ1n) is 5.63. The van der Waals surface area contributed by atoms with Gasteiger partial charge in [0.15, 0.2) is 5.75 Å². The lowest BCUT2D eigenvalue weighted by Gasteiger charge is -2.03. The molecule has 1 aliphatic carbocycles. The highest BCUT2D eigenvalue weighted by Crippen LogP contribution is 2.39. The first kappa shape index (κ1) is 11.6. The number of nitrogens with two attached hydrogens (primary N) is 1. The maximum atomic E-state index is 10.8. The van der Waals surface area contributed by atoms with E-state index in [1.54, 1.807) is 18.2 Å². The van der Waals surface area contributed by atoms with E-state index < -0.39 is 0 Å². The van der Waals surface area contributed by atoms with Gasteiger partial charge in [-0.05, 0) is 46.9 Å². The van der Waals surface area contributed by atoms with Gasteiger partial charge in [-0.1, -0.05) is 11.1 Å². The van der Waals surface area contributed by atoms with Crippen LogP contribution in [0, 0.1) is 10.1 Å². The standard InChI is InChI=1S/C13H10N2O4/c14-19-18-11-2-4-13-9(7-11)5-8-6-10(15(16)17)1-3-12(8)13/h1-4,6-7H,5,14H2. The number of nitrogens with zero attached hydrogens (tertiary/aromatic N) is 1. The minimum absolute atomic E-state index is 0.105. The van der Waals surface area contributed by atoms with Crippen LogP contribution in [0.1, 0.15) is 11.1 Å². The second-order valence-electron chi connectivity index (χ2n) is 4.27. The van der Waals surface area contributed by atoms with E-state index >= 15 is 0 Å². The zero-order valence-electron chi connectivity index (χ0n) is 9.83. The highest BCUT2D eigenvalue weighted by Gasteiger charge is 2.21. The summed E-state index contributed by atoms with van der Waals surface area (Å²) in [5, 5.41) is 10.8. The van der Waals surface area contributed by atoms with Crippen LogP contribution in [-0.2, 0) is 11.4 Å². The quantitative estimate of drug-likeness (QED) is 0.442. The number of benzene rings is 2. The molecule has 0 spiro atoms. The molecule has 2 N–H and O–H groups in total. The molecule has 96 valence electrons. The summed E-state index contributed by atoms with van der Waals surface area (Å²) in [5.74, 6) is 5.35. The van der Waals surface area contributed by atoms with E-state index in [0.717, 1.165) is 22.3 Å². The van der Waals surface area contributed by atoms with Crippen molar-refractivity contribution < 1.29 is 14.8 Å². The molecule has 0 unspecified atom stereocenters. The third kappa shape index (κ3) is 1.92. The predicted molar refractivity (Wildman–Crippen MR) is 67.2 cm³/mol. The summed E-state index contributed by atoms with van der Waals surface area (Å²) in [6.45, 7) is 0. The fourth-order valence-corrected chi connectivity index (χ4v) is 2.39. The van der Waals surface area contributed by atoms with Crippen molar-refractivity contribution >= 4 is 5.69 Å². The molecule has 19 heavy (non-hydrogen) atoms. The Morgan fingerprint density at radius 3 is 2.47 bits per heavy atom. The lowest BCUT2D eigenvalue weighted by atomic mass is 10.1. The average molecular weight is 258 g/mol. The zero-order chi connectivity index (χ0) is 13.4. The summed E-state index contributed by atoms with van der Waals surface area (Å²) < 4.78 is 0. The minimum Gasteiger partial charge on any atom is -0.320 e. The molecule has 0 bridgehead atoms. The van der Waals surface area contributed by atoms with Crippen molar-refractivity contribution in [1.82, 2.24) is 0 Å². The Hall–Kier alpha value is -2.44. The van der Waals surface area contributed by atoms with Crippen LogP contribution < -0.4 is 10.8 Å². The van der Waals surface area contributed by atoms with Gasteiger partial charge in [-0.15, -0.1) is 0 Å². The Morgan fingerprint density at radius 2 is 1.79 bits per heavy atom. The molecule has 2 aromatic carbocycles. The van der Waals surface area contributed by atoms with Gasteiger partial charge in [-0.3, -0.25) is 10.1 Å². The van der Waals surface area contributed by atoms with E-state index in [1.807, 2.05) is 12.1 Å². The average Bonchev–Trinajstić information content (AvgIpc) is 2.75. The van der Waals surface area contributed by atoms with E-state index in [9.17, 15) is 10.1 Å². The number of rotatable bonds is 3. The molecule has 0 aromatic heterocycles.